The fourth-order valence-electron chi connectivity index (χ4n) is 7.43. The number of ether oxygens (including phenoxy) is 4. The zero-order valence-corrected chi connectivity index (χ0v) is 15.8. The normalized spacial score (nSPS) is 52.4. The van der Waals surface area contributed by atoms with Crippen LogP contribution in [0, 0.1) is 28.6 Å². The van der Waals surface area contributed by atoms with Gasteiger partial charge in [-0.25, -0.2) is 0 Å². The molecule has 4 heterocycles. The molecule has 6 rings (SSSR count). The molecule has 9 atom stereocenters. The van der Waals surface area contributed by atoms with Gasteiger partial charge < -0.3 is 23.4 Å². The first-order valence-corrected chi connectivity index (χ1v) is 10.2. The van der Waals surface area contributed by atoms with Crippen molar-refractivity contribution in [2.24, 2.45) is 28.6 Å². The second-order valence-corrected chi connectivity index (χ2v) is 9.16. The molecule has 0 N–H and O–H groups in total. The molecule has 3 saturated heterocycles. The Hall–Kier alpha value is -1.37. The molecule has 6 nitrogen and oxygen atoms in total. The van der Waals surface area contributed by atoms with Gasteiger partial charge in [0, 0.05) is 16.4 Å². The van der Waals surface area contributed by atoms with Crippen LogP contribution in [0.4, 0.5) is 0 Å². The van der Waals surface area contributed by atoms with E-state index in [-0.39, 0.29) is 47.5 Å². The maximum absolute atomic E-state index is 12.8. The summed E-state index contributed by atoms with van der Waals surface area (Å²) in [5.74, 6) is 0.484. The van der Waals surface area contributed by atoms with Crippen LogP contribution >= 0.6 is 0 Å². The maximum atomic E-state index is 12.8. The maximum Gasteiger partial charge on any atom is 0.312 e. The summed E-state index contributed by atoms with van der Waals surface area (Å²) in [4.78, 5) is 12.8. The van der Waals surface area contributed by atoms with E-state index in [1.165, 1.54) is 7.11 Å². The van der Waals surface area contributed by atoms with Gasteiger partial charge in [-0.15, -0.1) is 0 Å². The monoisotopic (exact) mass is 374 g/mol. The average molecular weight is 374 g/mol. The third-order valence-corrected chi connectivity index (χ3v) is 8.54. The highest BCUT2D eigenvalue weighted by Crippen LogP contribution is 2.75. The molecule has 2 spiro atoms. The topological polar surface area (TPSA) is 67.1 Å². The van der Waals surface area contributed by atoms with Crippen LogP contribution in [0.3, 0.4) is 0 Å². The number of methoxy groups -OCH3 is 1. The number of hydrogen-bond acceptors (Lipinski definition) is 6. The van der Waals surface area contributed by atoms with E-state index in [4.69, 9.17) is 23.4 Å². The standard InChI is InChI=1S/C21H26O6/c1-11-5-7-20-15-4-3-13(16(20)17(22)23-2)25-18(20)27-19-21(11,15)9-14(26-19)12-6-8-24-10-12/h6,8,10-11,13-16,18-19H,3-5,7,9H2,1-2H3/t11-,13-,14+,15+,16?,18?,19-,20+,21-/m0/s1. The van der Waals surface area contributed by atoms with Crippen molar-refractivity contribution in [2.75, 3.05) is 7.11 Å². The van der Waals surface area contributed by atoms with Gasteiger partial charge in [0.15, 0.2) is 12.6 Å². The summed E-state index contributed by atoms with van der Waals surface area (Å²) < 4.78 is 29.8. The van der Waals surface area contributed by atoms with Crippen molar-refractivity contribution in [3.8, 4) is 0 Å². The summed E-state index contributed by atoms with van der Waals surface area (Å²) in [6, 6.07) is 1.98. The van der Waals surface area contributed by atoms with Gasteiger partial charge in [0.1, 0.15) is 0 Å². The predicted molar refractivity (Wildman–Crippen MR) is 92.2 cm³/mol. The molecular weight excluding hydrogens is 348 g/mol. The lowest BCUT2D eigenvalue weighted by Gasteiger charge is -2.63. The number of carbonyl (C=O) groups excluding carboxylic acids is 1. The Morgan fingerprint density at radius 2 is 2.00 bits per heavy atom. The van der Waals surface area contributed by atoms with E-state index < -0.39 is 0 Å². The number of fused-ring (bicyclic) bond motifs is 1. The summed E-state index contributed by atoms with van der Waals surface area (Å²) in [6.07, 6.45) is 7.60. The summed E-state index contributed by atoms with van der Waals surface area (Å²) in [5, 5.41) is 0. The Morgan fingerprint density at radius 3 is 2.78 bits per heavy atom. The highest BCUT2D eigenvalue weighted by molar-refractivity contribution is 5.75. The van der Waals surface area contributed by atoms with Gasteiger partial charge >= 0.3 is 5.97 Å². The van der Waals surface area contributed by atoms with Crippen LogP contribution < -0.4 is 0 Å². The van der Waals surface area contributed by atoms with Gasteiger partial charge in [-0.1, -0.05) is 6.92 Å². The van der Waals surface area contributed by atoms with Gasteiger partial charge in [0.2, 0.25) is 0 Å². The highest BCUT2D eigenvalue weighted by atomic mass is 16.8. The largest absolute Gasteiger partial charge is 0.472 e. The predicted octanol–water partition coefficient (Wildman–Crippen LogP) is 3.42. The molecule has 5 aliphatic rings. The van der Waals surface area contributed by atoms with Crippen molar-refractivity contribution in [3.63, 3.8) is 0 Å². The lowest BCUT2D eigenvalue weighted by Crippen LogP contribution is -2.66. The van der Waals surface area contributed by atoms with Crippen molar-refractivity contribution in [1.82, 2.24) is 0 Å². The van der Waals surface area contributed by atoms with E-state index in [0.717, 1.165) is 37.7 Å². The molecule has 146 valence electrons. The Kier molecular flexibility index (Phi) is 3.29. The molecule has 0 aromatic carbocycles. The van der Waals surface area contributed by atoms with Crippen molar-refractivity contribution < 1.29 is 28.2 Å². The fourth-order valence-corrected chi connectivity index (χ4v) is 7.43. The minimum Gasteiger partial charge on any atom is -0.472 e. The van der Waals surface area contributed by atoms with E-state index in [2.05, 4.69) is 6.92 Å². The zero-order valence-electron chi connectivity index (χ0n) is 15.8. The Morgan fingerprint density at radius 1 is 1.15 bits per heavy atom. The van der Waals surface area contributed by atoms with Crippen LogP contribution in [0.2, 0.25) is 0 Å². The van der Waals surface area contributed by atoms with Crippen LogP contribution in [0.5, 0.6) is 0 Å². The molecule has 1 aromatic heterocycles. The summed E-state index contributed by atoms with van der Waals surface area (Å²) in [5.41, 5.74) is 0.716. The van der Waals surface area contributed by atoms with Gasteiger partial charge in [0.25, 0.3) is 0 Å². The minimum atomic E-state index is -0.368. The second kappa shape index (κ2) is 5.37. The quantitative estimate of drug-likeness (QED) is 0.739. The van der Waals surface area contributed by atoms with Gasteiger partial charge in [-0.3, -0.25) is 4.79 Å². The van der Waals surface area contributed by atoms with Gasteiger partial charge in [-0.2, -0.15) is 0 Å². The van der Waals surface area contributed by atoms with Gasteiger partial charge in [-0.05, 0) is 50.0 Å². The minimum absolute atomic E-state index is 0.0283. The first-order valence-electron chi connectivity index (χ1n) is 10.2. The van der Waals surface area contributed by atoms with Crippen LogP contribution in [0.25, 0.3) is 0 Å². The Balaban J connectivity index is 1.47. The third-order valence-electron chi connectivity index (χ3n) is 8.54. The number of carbonyl (C=O) groups is 1. The summed E-state index contributed by atoms with van der Waals surface area (Å²) in [6.45, 7) is 2.33. The highest BCUT2D eigenvalue weighted by Gasteiger charge is 2.78. The summed E-state index contributed by atoms with van der Waals surface area (Å²) in [7, 11) is 1.49. The van der Waals surface area contributed by atoms with Gasteiger partial charge in [0.05, 0.1) is 37.8 Å². The van der Waals surface area contributed by atoms with E-state index in [1.807, 2.05) is 6.07 Å². The van der Waals surface area contributed by atoms with Crippen molar-refractivity contribution in [1.29, 1.82) is 0 Å². The Labute approximate surface area is 158 Å². The van der Waals surface area contributed by atoms with Crippen molar-refractivity contribution in [2.45, 2.75) is 63.8 Å². The molecule has 6 heteroatoms. The number of esters is 1. The van der Waals surface area contributed by atoms with Crippen LogP contribution in [-0.2, 0) is 23.7 Å². The van der Waals surface area contributed by atoms with Crippen LogP contribution in [-0.4, -0.2) is 31.8 Å². The van der Waals surface area contributed by atoms with E-state index in [9.17, 15) is 4.79 Å². The first-order chi connectivity index (χ1) is 13.1. The molecule has 0 radical (unpaired) electrons. The van der Waals surface area contributed by atoms with E-state index in [0.29, 0.717) is 11.8 Å². The first kappa shape index (κ1) is 16.6. The molecule has 1 aromatic rings. The molecular formula is C21H26O6. The van der Waals surface area contributed by atoms with E-state index >= 15 is 0 Å². The molecule has 0 amide bonds. The van der Waals surface area contributed by atoms with Crippen LogP contribution in [0.15, 0.2) is 23.0 Å². The van der Waals surface area contributed by atoms with Crippen molar-refractivity contribution in [3.05, 3.63) is 24.2 Å². The fraction of sp³-hybridized carbons (Fsp3) is 0.762. The molecule has 27 heavy (non-hydrogen) atoms. The SMILES string of the molecule is COC(=O)C1[C@@H]2CC[C@@H]3[C@]14CC[C@H](C)[C@@]31C[C@H](c3ccoc3)O[C@H]1OC4O2. The van der Waals surface area contributed by atoms with Crippen LogP contribution in [0.1, 0.15) is 50.7 Å². The molecule has 2 unspecified atom stereocenters. The Bertz CT molecular complexity index is 761. The number of hydrogen-bond donors (Lipinski definition) is 0. The average Bonchev–Trinajstić information content (AvgIpc) is 3.36. The molecule has 3 aliphatic heterocycles. The molecule has 3 bridgehead atoms. The molecule has 5 fully saturated rings. The van der Waals surface area contributed by atoms with Crippen molar-refractivity contribution >= 4 is 5.97 Å². The lowest BCUT2D eigenvalue weighted by molar-refractivity contribution is -0.355. The lowest BCUT2D eigenvalue weighted by atomic mass is 9.42. The number of rotatable bonds is 2. The molecule has 2 aliphatic carbocycles. The smallest absolute Gasteiger partial charge is 0.312 e. The summed E-state index contributed by atoms with van der Waals surface area (Å²) >= 11 is 0. The zero-order chi connectivity index (χ0) is 18.4. The van der Waals surface area contributed by atoms with E-state index in [1.54, 1.807) is 12.5 Å². The molecule has 2 saturated carbocycles. The second-order valence-electron chi connectivity index (χ2n) is 9.16. The number of furan rings is 1. The third kappa shape index (κ3) is 1.80.